The molecule has 0 spiro atoms. The molecular weight excluding hydrogens is 200 g/mol. The predicted molar refractivity (Wildman–Crippen MR) is 53.2 cm³/mol. The van der Waals surface area contributed by atoms with E-state index < -0.39 is 9.84 Å². The number of rotatable bonds is 3. The van der Waals surface area contributed by atoms with Gasteiger partial charge in [-0.1, -0.05) is 0 Å². The summed E-state index contributed by atoms with van der Waals surface area (Å²) in [6.07, 6.45) is 1.60. The summed E-state index contributed by atoms with van der Waals surface area (Å²) in [7, 11) is -1.49. The van der Waals surface area contributed by atoms with Crippen molar-refractivity contribution >= 4 is 9.84 Å². The molecular formula is C10H12O3S. The van der Waals surface area contributed by atoms with Crippen LogP contribution in [0.3, 0.4) is 0 Å². The fraction of sp³-hybridized carbons (Fsp3) is 0.400. The van der Waals surface area contributed by atoms with E-state index in [1.165, 1.54) is 0 Å². The van der Waals surface area contributed by atoms with Crippen LogP contribution in [-0.2, 0) is 9.84 Å². The summed E-state index contributed by atoms with van der Waals surface area (Å²) in [4.78, 5) is 0.404. The minimum atomic E-state index is -3.05. The average molecular weight is 212 g/mol. The van der Waals surface area contributed by atoms with Crippen molar-refractivity contribution in [3.8, 4) is 5.75 Å². The van der Waals surface area contributed by atoms with Gasteiger partial charge in [0, 0.05) is 0 Å². The number of methoxy groups -OCH3 is 1. The van der Waals surface area contributed by atoms with Crippen LogP contribution in [0.15, 0.2) is 29.2 Å². The minimum Gasteiger partial charge on any atom is -0.497 e. The molecule has 1 aliphatic rings. The molecule has 14 heavy (non-hydrogen) atoms. The van der Waals surface area contributed by atoms with E-state index in [0.717, 1.165) is 12.8 Å². The van der Waals surface area contributed by atoms with Gasteiger partial charge in [0.1, 0.15) is 5.75 Å². The third kappa shape index (κ3) is 1.62. The summed E-state index contributed by atoms with van der Waals surface area (Å²) in [5.41, 5.74) is 0. The van der Waals surface area contributed by atoms with Crippen LogP contribution in [0, 0.1) is 0 Å². The topological polar surface area (TPSA) is 43.4 Å². The van der Waals surface area contributed by atoms with Crippen molar-refractivity contribution in [3.05, 3.63) is 24.3 Å². The third-order valence-electron chi connectivity index (χ3n) is 2.35. The zero-order valence-electron chi connectivity index (χ0n) is 7.93. The van der Waals surface area contributed by atoms with Gasteiger partial charge >= 0.3 is 0 Å². The summed E-state index contributed by atoms with van der Waals surface area (Å²) in [5, 5.41) is -0.143. The molecule has 1 saturated carbocycles. The first-order valence-corrected chi connectivity index (χ1v) is 6.07. The Morgan fingerprint density at radius 1 is 1.21 bits per heavy atom. The van der Waals surface area contributed by atoms with Crippen LogP contribution in [0.4, 0.5) is 0 Å². The standard InChI is InChI=1S/C10H12O3S/c1-13-8-2-4-9(5-3-8)14(11,12)10-6-7-10/h2-5,10H,6-7H2,1H3. The lowest BCUT2D eigenvalue weighted by atomic mass is 10.3. The van der Waals surface area contributed by atoms with Crippen molar-refractivity contribution in [1.29, 1.82) is 0 Å². The van der Waals surface area contributed by atoms with E-state index >= 15 is 0 Å². The number of benzene rings is 1. The van der Waals surface area contributed by atoms with Crippen LogP contribution >= 0.6 is 0 Å². The smallest absolute Gasteiger partial charge is 0.181 e. The molecule has 76 valence electrons. The SMILES string of the molecule is COc1ccc(S(=O)(=O)C2CC2)cc1. The lowest BCUT2D eigenvalue weighted by molar-refractivity contribution is 0.414. The van der Waals surface area contributed by atoms with Crippen molar-refractivity contribution in [2.24, 2.45) is 0 Å². The number of hydrogen-bond acceptors (Lipinski definition) is 3. The second kappa shape index (κ2) is 3.28. The Morgan fingerprint density at radius 3 is 2.21 bits per heavy atom. The number of ether oxygens (including phenoxy) is 1. The van der Waals surface area contributed by atoms with Crippen LogP contribution in [0.25, 0.3) is 0 Å². The van der Waals surface area contributed by atoms with Crippen molar-refractivity contribution < 1.29 is 13.2 Å². The van der Waals surface area contributed by atoms with Gasteiger partial charge in [0.15, 0.2) is 9.84 Å². The Morgan fingerprint density at radius 2 is 1.79 bits per heavy atom. The molecule has 1 fully saturated rings. The normalized spacial score (nSPS) is 16.6. The van der Waals surface area contributed by atoms with Gasteiger partial charge in [-0.15, -0.1) is 0 Å². The van der Waals surface area contributed by atoms with Crippen LogP contribution in [-0.4, -0.2) is 20.8 Å². The summed E-state index contributed by atoms with van der Waals surface area (Å²) < 4.78 is 28.5. The molecule has 0 saturated heterocycles. The van der Waals surface area contributed by atoms with Crippen LogP contribution in [0.1, 0.15) is 12.8 Å². The monoisotopic (exact) mass is 212 g/mol. The highest BCUT2D eigenvalue weighted by atomic mass is 32.2. The lowest BCUT2D eigenvalue weighted by Gasteiger charge is -2.03. The zero-order chi connectivity index (χ0) is 10.2. The van der Waals surface area contributed by atoms with Gasteiger partial charge in [-0.05, 0) is 37.1 Å². The van der Waals surface area contributed by atoms with Crippen molar-refractivity contribution in [1.82, 2.24) is 0 Å². The first-order chi connectivity index (χ1) is 6.64. The second-order valence-corrected chi connectivity index (χ2v) is 5.65. The number of hydrogen-bond donors (Lipinski definition) is 0. The van der Waals surface area contributed by atoms with E-state index in [9.17, 15) is 8.42 Å². The van der Waals surface area contributed by atoms with E-state index in [1.807, 2.05) is 0 Å². The maximum atomic E-state index is 11.8. The minimum absolute atomic E-state index is 0.143. The molecule has 0 radical (unpaired) electrons. The molecule has 0 heterocycles. The van der Waals surface area contributed by atoms with Gasteiger partial charge in [-0.25, -0.2) is 8.42 Å². The van der Waals surface area contributed by atoms with Gasteiger partial charge in [-0.3, -0.25) is 0 Å². The molecule has 4 heteroatoms. The molecule has 0 atom stereocenters. The highest BCUT2D eigenvalue weighted by Crippen LogP contribution is 2.33. The molecule has 2 rings (SSSR count). The second-order valence-electron chi connectivity index (χ2n) is 3.42. The Kier molecular flexibility index (Phi) is 2.23. The van der Waals surface area contributed by atoms with E-state index in [0.29, 0.717) is 10.6 Å². The predicted octanol–water partition coefficient (Wildman–Crippen LogP) is 1.63. The lowest BCUT2D eigenvalue weighted by Crippen LogP contribution is -2.06. The first kappa shape index (κ1) is 9.52. The van der Waals surface area contributed by atoms with Gasteiger partial charge in [0.2, 0.25) is 0 Å². The number of sulfone groups is 1. The van der Waals surface area contributed by atoms with Crippen LogP contribution in [0.5, 0.6) is 5.75 Å². The van der Waals surface area contributed by atoms with Gasteiger partial charge in [0.05, 0.1) is 17.3 Å². The van der Waals surface area contributed by atoms with E-state index in [4.69, 9.17) is 4.74 Å². The third-order valence-corrected chi connectivity index (χ3v) is 4.63. The van der Waals surface area contributed by atoms with Gasteiger partial charge in [-0.2, -0.15) is 0 Å². The van der Waals surface area contributed by atoms with E-state index in [-0.39, 0.29) is 5.25 Å². The van der Waals surface area contributed by atoms with E-state index in [1.54, 1.807) is 31.4 Å². The maximum absolute atomic E-state index is 11.8. The molecule has 1 aromatic rings. The zero-order valence-corrected chi connectivity index (χ0v) is 8.75. The molecule has 0 aromatic heterocycles. The molecule has 1 aliphatic carbocycles. The van der Waals surface area contributed by atoms with Gasteiger partial charge in [0.25, 0.3) is 0 Å². The Hall–Kier alpha value is -1.03. The highest BCUT2D eigenvalue weighted by Gasteiger charge is 2.36. The highest BCUT2D eigenvalue weighted by molar-refractivity contribution is 7.92. The molecule has 0 amide bonds. The summed E-state index contributed by atoms with van der Waals surface area (Å²) in [6, 6.07) is 6.56. The largest absolute Gasteiger partial charge is 0.497 e. The average Bonchev–Trinajstić information content (AvgIpc) is 3.01. The molecule has 0 aliphatic heterocycles. The van der Waals surface area contributed by atoms with Crippen LogP contribution < -0.4 is 4.74 Å². The fourth-order valence-corrected chi connectivity index (χ4v) is 2.99. The molecule has 0 N–H and O–H groups in total. The van der Waals surface area contributed by atoms with Crippen LogP contribution in [0.2, 0.25) is 0 Å². The molecule has 0 unspecified atom stereocenters. The molecule has 3 nitrogen and oxygen atoms in total. The fourth-order valence-electron chi connectivity index (χ4n) is 1.34. The summed E-state index contributed by atoms with van der Waals surface area (Å²) >= 11 is 0. The summed E-state index contributed by atoms with van der Waals surface area (Å²) in [6.45, 7) is 0. The van der Waals surface area contributed by atoms with Gasteiger partial charge < -0.3 is 4.74 Å². The Balaban J connectivity index is 2.33. The maximum Gasteiger partial charge on any atom is 0.181 e. The molecule has 1 aromatic carbocycles. The van der Waals surface area contributed by atoms with E-state index in [2.05, 4.69) is 0 Å². The van der Waals surface area contributed by atoms with Crippen molar-refractivity contribution in [3.63, 3.8) is 0 Å². The summed E-state index contributed by atoms with van der Waals surface area (Å²) in [5.74, 6) is 0.680. The Labute approximate surface area is 83.6 Å². The first-order valence-electron chi connectivity index (χ1n) is 4.52. The van der Waals surface area contributed by atoms with Crippen molar-refractivity contribution in [2.45, 2.75) is 23.0 Å². The van der Waals surface area contributed by atoms with Crippen molar-refractivity contribution in [2.75, 3.05) is 7.11 Å². The Bertz CT molecular complexity index is 415. The quantitative estimate of drug-likeness (QED) is 0.764. The molecule has 0 bridgehead atoms.